The summed E-state index contributed by atoms with van der Waals surface area (Å²) in [5, 5.41) is 0. The molecule has 0 bridgehead atoms. The highest BCUT2D eigenvalue weighted by Crippen LogP contribution is 2.12. The van der Waals surface area contributed by atoms with E-state index in [9.17, 15) is 4.79 Å². The zero-order valence-electron chi connectivity index (χ0n) is 10.0. The molecule has 0 N–H and O–H groups in total. The van der Waals surface area contributed by atoms with Gasteiger partial charge >= 0.3 is 0 Å². The van der Waals surface area contributed by atoms with E-state index >= 15 is 0 Å². The fraction of sp³-hybridized carbons (Fsp3) is 0.769. The predicted molar refractivity (Wildman–Crippen MR) is 62.3 cm³/mol. The van der Waals surface area contributed by atoms with Crippen molar-refractivity contribution in [3.63, 3.8) is 0 Å². The van der Waals surface area contributed by atoms with Crippen LogP contribution in [0.4, 0.5) is 0 Å². The minimum atomic E-state index is 0.684. The highest BCUT2D eigenvalue weighted by Gasteiger charge is 1.99. The van der Waals surface area contributed by atoms with Gasteiger partial charge in [-0.25, -0.2) is 0 Å². The molecular weight excluding hydrogens is 172 g/mol. The van der Waals surface area contributed by atoms with Crippen molar-refractivity contribution in [3.05, 3.63) is 11.6 Å². The summed E-state index contributed by atoms with van der Waals surface area (Å²) in [6.45, 7) is 8.80. The van der Waals surface area contributed by atoms with Gasteiger partial charge in [0.1, 0.15) is 6.29 Å². The number of carbonyl (C=O) groups is 1. The van der Waals surface area contributed by atoms with Crippen molar-refractivity contribution in [1.29, 1.82) is 0 Å². The first-order valence-corrected chi connectivity index (χ1v) is 5.70. The van der Waals surface area contributed by atoms with E-state index in [2.05, 4.69) is 33.8 Å². The third-order valence-corrected chi connectivity index (χ3v) is 2.31. The van der Waals surface area contributed by atoms with E-state index in [1.165, 1.54) is 6.42 Å². The number of hydrogen-bond acceptors (Lipinski definition) is 1. The van der Waals surface area contributed by atoms with Crippen molar-refractivity contribution < 1.29 is 4.79 Å². The lowest BCUT2D eigenvalue weighted by molar-refractivity contribution is -0.105. The second-order valence-corrected chi connectivity index (χ2v) is 4.80. The van der Waals surface area contributed by atoms with Crippen LogP contribution in [0.1, 0.15) is 53.4 Å². The first kappa shape index (κ1) is 13.4. The van der Waals surface area contributed by atoms with Crippen molar-refractivity contribution in [2.45, 2.75) is 53.4 Å². The lowest BCUT2D eigenvalue weighted by Gasteiger charge is -2.04. The molecule has 0 aliphatic heterocycles. The van der Waals surface area contributed by atoms with Gasteiger partial charge in [-0.15, -0.1) is 0 Å². The molecule has 0 saturated heterocycles. The summed E-state index contributed by atoms with van der Waals surface area (Å²) in [6, 6.07) is 0. The van der Waals surface area contributed by atoms with Crippen LogP contribution in [0, 0.1) is 11.8 Å². The number of allylic oxidation sites excluding steroid dienone is 2. The van der Waals surface area contributed by atoms with E-state index < -0.39 is 0 Å². The summed E-state index contributed by atoms with van der Waals surface area (Å²) >= 11 is 0. The lowest BCUT2D eigenvalue weighted by atomic mass is 10.0. The predicted octanol–water partition coefficient (Wildman–Crippen LogP) is 3.98. The molecule has 0 fully saturated rings. The molecule has 0 heterocycles. The minimum Gasteiger partial charge on any atom is -0.298 e. The van der Waals surface area contributed by atoms with Crippen LogP contribution < -0.4 is 0 Å². The molecule has 14 heavy (non-hydrogen) atoms. The van der Waals surface area contributed by atoms with Crippen molar-refractivity contribution in [1.82, 2.24) is 0 Å². The molecule has 0 amide bonds. The van der Waals surface area contributed by atoms with Gasteiger partial charge in [0.25, 0.3) is 0 Å². The fourth-order valence-electron chi connectivity index (χ4n) is 1.27. The first-order valence-electron chi connectivity index (χ1n) is 5.70. The Kier molecular flexibility index (Phi) is 7.45. The molecule has 0 radical (unpaired) electrons. The van der Waals surface area contributed by atoms with Crippen LogP contribution in [0.3, 0.4) is 0 Å². The second-order valence-electron chi connectivity index (χ2n) is 4.80. The standard InChI is InChI=1S/C13H24O/c1-11(2)6-5-7-13(10-14)9-8-12(3)4/h7,10-12H,5-6,8-9H2,1-4H3/b13-7-. The smallest absolute Gasteiger partial charge is 0.145 e. The van der Waals surface area contributed by atoms with Crippen LogP contribution in [0.5, 0.6) is 0 Å². The summed E-state index contributed by atoms with van der Waals surface area (Å²) < 4.78 is 0. The highest BCUT2D eigenvalue weighted by molar-refractivity contribution is 5.72. The van der Waals surface area contributed by atoms with Crippen LogP contribution in [0.2, 0.25) is 0 Å². The molecule has 0 aromatic heterocycles. The molecule has 0 aliphatic carbocycles. The molecule has 1 nitrogen and oxygen atoms in total. The normalized spacial score (nSPS) is 12.6. The van der Waals surface area contributed by atoms with Gasteiger partial charge in [0.15, 0.2) is 0 Å². The zero-order valence-corrected chi connectivity index (χ0v) is 10.0. The third-order valence-electron chi connectivity index (χ3n) is 2.31. The van der Waals surface area contributed by atoms with E-state index in [4.69, 9.17) is 0 Å². The van der Waals surface area contributed by atoms with Gasteiger partial charge in [-0.1, -0.05) is 33.8 Å². The molecule has 0 unspecified atom stereocenters. The van der Waals surface area contributed by atoms with E-state index in [0.29, 0.717) is 5.92 Å². The number of rotatable bonds is 7. The number of hydrogen-bond donors (Lipinski definition) is 0. The largest absolute Gasteiger partial charge is 0.298 e. The van der Waals surface area contributed by atoms with Gasteiger partial charge in [-0.05, 0) is 43.1 Å². The molecular formula is C13H24O. The average molecular weight is 196 g/mol. The Hall–Kier alpha value is -0.590. The van der Waals surface area contributed by atoms with Crippen molar-refractivity contribution >= 4 is 6.29 Å². The fourth-order valence-corrected chi connectivity index (χ4v) is 1.27. The Morgan fingerprint density at radius 3 is 2.07 bits per heavy atom. The van der Waals surface area contributed by atoms with Gasteiger partial charge in [-0.2, -0.15) is 0 Å². The molecule has 0 aliphatic rings. The number of aldehydes is 1. The maximum absolute atomic E-state index is 10.7. The van der Waals surface area contributed by atoms with Gasteiger partial charge < -0.3 is 0 Å². The molecule has 0 aromatic rings. The Bertz CT molecular complexity index is 178. The molecule has 82 valence electrons. The first-order chi connectivity index (χ1) is 6.56. The molecule has 0 atom stereocenters. The molecule has 1 heteroatoms. The summed E-state index contributed by atoms with van der Waals surface area (Å²) in [6.07, 6.45) is 7.41. The SMILES string of the molecule is CC(C)CC/C=C(\C=O)CCC(C)C. The summed E-state index contributed by atoms with van der Waals surface area (Å²) in [4.78, 5) is 10.7. The van der Waals surface area contributed by atoms with E-state index in [1.54, 1.807) is 0 Å². The van der Waals surface area contributed by atoms with Crippen LogP contribution in [-0.4, -0.2) is 6.29 Å². The van der Waals surface area contributed by atoms with E-state index in [0.717, 1.165) is 37.0 Å². The molecule has 0 aromatic carbocycles. The topological polar surface area (TPSA) is 17.1 Å². The molecule has 0 rings (SSSR count). The molecule has 0 spiro atoms. The number of carbonyl (C=O) groups excluding carboxylic acids is 1. The highest BCUT2D eigenvalue weighted by atomic mass is 16.1. The third kappa shape index (κ3) is 8.03. The monoisotopic (exact) mass is 196 g/mol. The average Bonchev–Trinajstić information content (AvgIpc) is 2.10. The van der Waals surface area contributed by atoms with Gasteiger partial charge in [0, 0.05) is 0 Å². The Balaban J connectivity index is 3.81. The van der Waals surface area contributed by atoms with Crippen molar-refractivity contribution in [3.8, 4) is 0 Å². The zero-order chi connectivity index (χ0) is 11.0. The minimum absolute atomic E-state index is 0.684. The maximum Gasteiger partial charge on any atom is 0.145 e. The van der Waals surface area contributed by atoms with Gasteiger partial charge in [-0.3, -0.25) is 4.79 Å². The van der Waals surface area contributed by atoms with Crippen LogP contribution in [0.15, 0.2) is 11.6 Å². The Morgan fingerprint density at radius 1 is 1.07 bits per heavy atom. The van der Waals surface area contributed by atoms with Crippen LogP contribution in [-0.2, 0) is 4.79 Å². The summed E-state index contributed by atoms with van der Waals surface area (Å²) in [5.41, 5.74) is 0.986. The van der Waals surface area contributed by atoms with Crippen LogP contribution >= 0.6 is 0 Å². The van der Waals surface area contributed by atoms with Gasteiger partial charge in [0.05, 0.1) is 0 Å². The van der Waals surface area contributed by atoms with Crippen molar-refractivity contribution in [2.75, 3.05) is 0 Å². The summed E-state index contributed by atoms with van der Waals surface area (Å²) in [7, 11) is 0. The quantitative estimate of drug-likeness (QED) is 0.444. The van der Waals surface area contributed by atoms with Crippen LogP contribution in [0.25, 0.3) is 0 Å². The van der Waals surface area contributed by atoms with E-state index in [1.807, 2.05) is 0 Å². The maximum atomic E-state index is 10.7. The van der Waals surface area contributed by atoms with Gasteiger partial charge in [0.2, 0.25) is 0 Å². The summed E-state index contributed by atoms with van der Waals surface area (Å²) in [5.74, 6) is 1.41. The Morgan fingerprint density at radius 2 is 1.64 bits per heavy atom. The van der Waals surface area contributed by atoms with E-state index in [-0.39, 0.29) is 0 Å². The Labute approximate surface area is 88.6 Å². The second kappa shape index (κ2) is 7.78. The molecule has 0 saturated carbocycles. The van der Waals surface area contributed by atoms with Crippen molar-refractivity contribution in [2.24, 2.45) is 11.8 Å². The lowest BCUT2D eigenvalue weighted by Crippen LogP contribution is -1.92.